The van der Waals surface area contributed by atoms with Crippen LogP contribution in [0, 0.1) is 0 Å². The van der Waals surface area contributed by atoms with E-state index >= 15 is 0 Å². The molecule has 3 heterocycles. The van der Waals surface area contributed by atoms with Gasteiger partial charge in [0.2, 0.25) is 5.95 Å². The zero-order chi connectivity index (χ0) is 15.2. The summed E-state index contributed by atoms with van der Waals surface area (Å²) in [7, 11) is 0. The molecule has 1 aliphatic heterocycles. The van der Waals surface area contributed by atoms with E-state index in [4.69, 9.17) is 11.5 Å². The Labute approximate surface area is 123 Å². The highest BCUT2D eigenvalue weighted by molar-refractivity contribution is 5.52. The van der Waals surface area contributed by atoms with Crippen LogP contribution in [0.15, 0.2) is 12.3 Å². The van der Waals surface area contributed by atoms with E-state index < -0.39 is 0 Å². The summed E-state index contributed by atoms with van der Waals surface area (Å²) in [5, 5.41) is 0. The van der Waals surface area contributed by atoms with Crippen LogP contribution in [0.25, 0.3) is 0 Å². The van der Waals surface area contributed by atoms with Crippen LogP contribution in [0.5, 0.6) is 0 Å². The van der Waals surface area contributed by atoms with Gasteiger partial charge in [-0.25, -0.2) is 9.97 Å². The van der Waals surface area contributed by atoms with Crippen molar-refractivity contribution in [2.75, 3.05) is 16.4 Å². The van der Waals surface area contributed by atoms with Crippen molar-refractivity contribution in [3.63, 3.8) is 0 Å². The van der Waals surface area contributed by atoms with E-state index in [1.807, 2.05) is 6.20 Å². The third-order valence-electron chi connectivity index (χ3n) is 3.40. The van der Waals surface area contributed by atoms with Crippen molar-refractivity contribution in [3.8, 4) is 0 Å². The van der Waals surface area contributed by atoms with Gasteiger partial charge in [-0.2, -0.15) is 9.97 Å². The van der Waals surface area contributed by atoms with Crippen molar-refractivity contribution < 1.29 is 0 Å². The van der Waals surface area contributed by atoms with Gasteiger partial charge in [0.25, 0.3) is 0 Å². The first-order valence-corrected chi connectivity index (χ1v) is 6.83. The molecule has 0 saturated carbocycles. The van der Waals surface area contributed by atoms with Gasteiger partial charge in [-0.3, -0.25) is 0 Å². The van der Waals surface area contributed by atoms with Crippen molar-refractivity contribution >= 4 is 17.6 Å². The number of anilines is 3. The highest BCUT2D eigenvalue weighted by atomic mass is 15.2. The Morgan fingerprint density at radius 3 is 2.52 bits per heavy atom. The zero-order valence-electron chi connectivity index (χ0n) is 12.5. The molecular weight excluding hydrogens is 266 g/mol. The van der Waals surface area contributed by atoms with Gasteiger partial charge in [0, 0.05) is 29.8 Å². The van der Waals surface area contributed by atoms with Crippen LogP contribution >= 0.6 is 0 Å². The molecule has 0 aliphatic carbocycles. The minimum atomic E-state index is -0.0633. The van der Waals surface area contributed by atoms with Crippen molar-refractivity contribution in [3.05, 3.63) is 29.3 Å². The van der Waals surface area contributed by atoms with Gasteiger partial charge in [-0.05, 0) is 0 Å². The van der Waals surface area contributed by atoms with E-state index in [1.165, 1.54) is 0 Å². The van der Waals surface area contributed by atoms with Gasteiger partial charge in [0.1, 0.15) is 17.5 Å². The first-order chi connectivity index (χ1) is 9.83. The number of nitrogens with zero attached hydrogens (tertiary/aromatic N) is 5. The molecule has 0 radical (unpaired) electrons. The molecule has 2 aromatic heterocycles. The lowest BCUT2D eigenvalue weighted by atomic mass is 9.95. The predicted octanol–water partition coefficient (Wildman–Crippen LogP) is 1.25. The number of nitrogen functional groups attached to an aromatic ring is 2. The molecule has 0 bridgehead atoms. The first kappa shape index (κ1) is 13.5. The fourth-order valence-electron chi connectivity index (χ4n) is 2.31. The molecule has 7 nitrogen and oxygen atoms in total. The topological polar surface area (TPSA) is 107 Å². The first-order valence-electron chi connectivity index (χ1n) is 6.83. The number of nitrogens with two attached hydrogens (primary N) is 2. The van der Waals surface area contributed by atoms with E-state index in [0.29, 0.717) is 18.9 Å². The van der Waals surface area contributed by atoms with E-state index in [-0.39, 0.29) is 11.4 Å². The molecule has 0 amide bonds. The lowest BCUT2D eigenvalue weighted by molar-refractivity contribution is 0.541. The standard InChI is InChI=1S/C14H19N7/c1-14(2,3)12-17-5-8-6-21(7-9(8)18-12)11-4-10(15)19-13(16)20-11/h4-5H,6-7H2,1-3H3,(H4,15,16,19,20). The molecular formula is C14H19N7. The Morgan fingerprint density at radius 1 is 1.10 bits per heavy atom. The predicted molar refractivity (Wildman–Crippen MR) is 81.5 cm³/mol. The van der Waals surface area contributed by atoms with Crippen LogP contribution in [0.2, 0.25) is 0 Å². The van der Waals surface area contributed by atoms with Gasteiger partial charge in [0.15, 0.2) is 0 Å². The molecule has 7 heteroatoms. The Kier molecular flexibility index (Phi) is 2.93. The number of aromatic nitrogens is 4. The lowest BCUT2D eigenvalue weighted by Crippen LogP contribution is -2.18. The Hall–Kier alpha value is -2.44. The minimum Gasteiger partial charge on any atom is -0.383 e. The average molecular weight is 285 g/mol. The molecule has 21 heavy (non-hydrogen) atoms. The van der Waals surface area contributed by atoms with Crippen molar-refractivity contribution in [1.82, 2.24) is 19.9 Å². The molecule has 110 valence electrons. The Bertz CT molecular complexity index is 670. The quantitative estimate of drug-likeness (QED) is 0.811. The molecule has 0 aromatic carbocycles. The van der Waals surface area contributed by atoms with Gasteiger partial charge >= 0.3 is 0 Å². The fraction of sp³-hybridized carbons (Fsp3) is 0.429. The van der Waals surface area contributed by atoms with Gasteiger partial charge < -0.3 is 16.4 Å². The maximum atomic E-state index is 5.73. The third kappa shape index (κ3) is 2.58. The van der Waals surface area contributed by atoms with E-state index in [1.54, 1.807) is 6.07 Å². The largest absolute Gasteiger partial charge is 0.383 e. The molecule has 4 N–H and O–H groups in total. The second-order valence-corrected chi connectivity index (χ2v) is 6.28. The third-order valence-corrected chi connectivity index (χ3v) is 3.40. The zero-order valence-corrected chi connectivity index (χ0v) is 12.5. The average Bonchev–Trinajstić information content (AvgIpc) is 2.79. The van der Waals surface area contributed by atoms with Crippen LogP contribution in [-0.2, 0) is 18.5 Å². The minimum absolute atomic E-state index is 0.0633. The summed E-state index contributed by atoms with van der Waals surface area (Å²) in [5.41, 5.74) is 13.5. The second kappa shape index (κ2) is 4.54. The smallest absolute Gasteiger partial charge is 0.223 e. The number of fused-ring (bicyclic) bond motifs is 1. The monoisotopic (exact) mass is 285 g/mol. The van der Waals surface area contributed by atoms with Gasteiger partial charge in [-0.1, -0.05) is 20.8 Å². The molecule has 0 saturated heterocycles. The second-order valence-electron chi connectivity index (χ2n) is 6.28. The van der Waals surface area contributed by atoms with Gasteiger partial charge in [-0.15, -0.1) is 0 Å². The summed E-state index contributed by atoms with van der Waals surface area (Å²) in [5.74, 6) is 2.12. The summed E-state index contributed by atoms with van der Waals surface area (Å²) in [4.78, 5) is 19.3. The molecule has 0 unspecified atom stereocenters. The SMILES string of the molecule is CC(C)(C)c1ncc2c(n1)CN(c1cc(N)nc(N)n1)C2. The van der Waals surface area contributed by atoms with Crippen molar-refractivity contribution in [2.24, 2.45) is 0 Å². The fourth-order valence-corrected chi connectivity index (χ4v) is 2.31. The molecule has 3 rings (SSSR count). The normalized spacial score (nSPS) is 14.3. The van der Waals surface area contributed by atoms with E-state index in [2.05, 4.69) is 45.6 Å². The van der Waals surface area contributed by atoms with Crippen LogP contribution in [0.3, 0.4) is 0 Å². The molecule has 2 aromatic rings. The number of hydrogen-bond acceptors (Lipinski definition) is 7. The molecule has 0 spiro atoms. The Balaban J connectivity index is 1.91. The summed E-state index contributed by atoms with van der Waals surface area (Å²) < 4.78 is 0. The molecule has 1 aliphatic rings. The number of rotatable bonds is 1. The summed E-state index contributed by atoms with van der Waals surface area (Å²) in [6.45, 7) is 7.69. The van der Waals surface area contributed by atoms with Crippen molar-refractivity contribution in [1.29, 1.82) is 0 Å². The van der Waals surface area contributed by atoms with E-state index in [9.17, 15) is 0 Å². The summed E-state index contributed by atoms with van der Waals surface area (Å²) in [6, 6.07) is 1.72. The lowest BCUT2D eigenvalue weighted by Gasteiger charge is -2.17. The van der Waals surface area contributed by atoms with Crippen LogP contribution < -0.4 is 16.4 Å². The Morgan fingerprint density at radius 2 is 1.86 bits per heavy atom. The molecule has 0 fully saturated rings. The highest BCUT2D eigenvalue weighted by Gasteiger charge is 2.25. The van der Waals surface area contributed by atoms with Crippen molar-refractivity contribution in [2.45, 2.75) is 39.3 Å². The maximum Gasteiger partial charge on any atom is 0.223 e. The van der Waals surface area contributed by atoms with Crippen LogP contribution in [0.1, 0.15) is 37.9 Å². The maximum absolute atomic E-state index is 5.73. The van der Waals surface area contributed by atoms with Crippen LogP contribution in [-0.4, -0.2) is 19.9 Å². The molecule has 0 atom stereocenters. The summed E-state index contributed by atoms with van der Waals surface area (Å²) >= 11 is 0. The van der Waals surface area contributed by atoms with Gasteiger partial charge in [0.05, 0.1) is 12.2 Å². The highest BCUT2D eigenvalue weighted by Crippen LogP contribution is 2.28. The summed E-state index contributed by atoms with van der Waals surface area (Å²) in [6.07, 6.45) is 1.90. The number of hydrogen-bond donors (Lipinski definition) is 2. The van der Waals surface area contributed by atoms with E-state index in [0.717, 1.165) is 22.9 Å². The van der Waals surface area contributed by atoms with Crippen LogP contribution in [0.4, 0.5) is 17.6 Å².